The Morgan fingerprint density at radius 1 is 1.03 bits per heavy atom. The van der Waals surface area contributed by atoms with Gasteiger partial charge < -0.3 is 9.32 Å². The third-order valence-electron chi connectivity index (χ3n) is 5.67. The van der Waals surface area contributed by atoms with Crippen LogP contribution >= 0.6 is 39.7 Å². The fraction of sp³-hybridized carbons (Fsp3) is 0.192. The lowest BCUT2D eigenvalue weighted by Gasteiger charge is -2.20. The number of benzene rings is 3. The molecule has 5 rings (SSSR count). The second-order valence-corrected chi connectivity index (χ2v) is 10.3. The van der Waals surface area contributed by atoms with Crippen LogP contribution in [0.5, 0.6) is 0 Å². The largest absolute Gasteiger partial charge is 0.422 e. The number of carbonyl (C=O) groups excluding carboxylic acids is 1. The Morgan fingerprint density at radius 3 is 2.63 bits per heavy atom. The van der Waals surface area contributed by atoms with Crippen molar-refractivity contribution < 1.29 is 9.21 Å². The number of fused-ring (bicyclic) bond motifs is 4. The molecule has 0 atom stereocenters. The van der Waals surface area contributed by atoms with E-state index in [0.717, 1.165) is 43.8 Å². The highest BCUT2D eigenvalue weighted by atomic mass is 79.9. The highest BCUT2D eigenvalue weighted by molar-refractivity contribution is 9.10. The standard InChI is InChI=1S/C26H22BrN3O3S.ClH/c1-29(2)12-5-13-30(26-28-21-10-9-17(27)14-23(21)34-26)24(31)20-15-19-18-7-4-3-6-16(18)8-11-22(19)33-25(20)32;/h3-4,6-11,14-15H,5,12-13H2,1-2H3;1H. The lowest BCUT2D eigenvalue weighted by molar-refractivity contribution is 0.0982. The second-order valence-electron chi connectivity index (χ2n) is 8.37. The van der Waals surface area contributed by atoms with E-state index in [9.17, 15) is 9.59 Å². The van der Waals surface area contributed by atoms with Crippen molar-refractivity contribution in [2.24, 2.45) is 0 Å². The normalized spacial score (nSPS) is 11.3. The minimum atomic E-state index is -0.644. The number of hydrogen-bond acceptors (Lipinski definition) is 6. The van der Waals surface area contributed by atoms with Crippen LogP contribution in [-0.2, 0) is 0 Å². The first kappa shape index (κ1) is 25.3. The molecular formula is C26H23BrClN3O3S. The van der Waals surface area contributed by atoms with Gasteiger partial charge in [-0.3, -0.25) is 9.69 Å². The molecule has 0 N–H and O–H groups in total. The summed E-state index contributed by atoms with van der Waals surface area (Å²) in [5.74, 6) is -0.402. The molecule has 0 saturated carbocycles. The Hall–Kier alpha value is -2.78. The van der Waals surface area contributed by atoms with E-state index in [4.69, 9.17) is 9.40 Å². The number of halogens is 2. The van der Waals surface area contributed by atoms with Crippen LogP contribution < -0.4 is 10.5 Å². The zero-order valence-corrected chi connectivity index (χ0v) is 22.4. The molecule has 3 aromatic carbocycles. The number of thiazole rings is 1. The summed E-state index contributed by atoms with van der Waals surface area (Å²) < 4.78 is 7.50. The molecule has 1 amide bonds. The van der Waals surface area contributed by atoms with Gasteiger partial charge in [0, 0.05) is 16.4 Å². The second kappa shape index (κ2) is 10.5. The van der Waals surface area contributed by atoms with Gasteiger partial charge in [0.25, 0.3) is 5.91 Å². The van der Waals surface area contributed by atoms with Crippen molar-refractivity contribution >= 4 is 82.7 Å². The van der Waals surface area contributed by atoms with Gasteiger partial charge in [-0.2, -0.15) is 0 Å². The predicted molar refractivity (Wildman–Crippen MR) is 149 cm³/mol. The maximum atomic E-state index is 13.8. The molecule has 180 valence electrons. The summed E-state index contributed by atoms with van der Waals surface area (Å²) in [5, 5.41) is 3.25. The Balaban J connectivity index is 0.00000289. The summed E-state index contributed by atoms with van der Waals surface area (Å²) in [7, 11) is 3.98. The van der Waals surface area contributed by atoms with Gasteiger partial charge in [-0.05, 0) is 68.2 Å². The average Bonchev–Trinajstić information content (AvgIpc) is 3.23. The van der Waals surface area contributed by atoms with Crippen LogP contribution in [0.3, 0.4) is 0 Å². The fourth-order valence-electron chi connectivity index (χ4n) is 4.00. The number of rotatable bonds is 6. The lowest BCUT2D eigenvalue weighted by Crippen LogP contribution is -2.36. The molecule has 5 aromatic rings. The van der Waals surface area contributed by atoms with E-state index in [2.05, 4.69) is 20.8 Å². The maximum Gasteiger partial charge on any atom is 0.349 e. The molecule has 0 saturated heterocycles. The van der Waals surface area contributed by atoms with Crippen LogP contribution in [0.15, 0.2) is 74.3 Å². The monoisotopic (exact) mass is 571 g/mol. The van der Waals surface area contributed by atoms with E-state index in [1.54, 1.807) is 17.0 Å². The van der Waals surface area contributed by atoms with Crippen LogP contribution in [-0.4, -0.2) is 43.0 Å². The van der Waals surface area contributed by atoms with Crippen LogP contribution in [0.25, 0.3) is 32.0 Å². The van der Waals surface area contributed by atoms with Gasteiger partial charge in [0.1, 0.15) is 11.1 Å². The van der Waals surface area contributed by atoms with Gasteiger partial charge in [-0.1, -0.05) is 57.6 Å². The topological polar surface area (TPSA) is 66.7 Å². The quantitative estimate of drug-likeness (QED) is 0.175. The highest BCUT2D eigenvalue weighted by Gasteiger charge is 2.25. The number of nitrogens with zero attached hydrogens (tertiary/aromatic N) is 3. The molecule has 0 unspecified atom stereocenters. The minimum absolute atomic E-state index is 0. The highest BCUT2D eigenvalue weighted by Crippen LogP contribution is 2.32. The average molecular weight is 573 g/mol. The number of anilines is 1. The summed E-state index contributed by atoms with van der Waals surface area (Å²) in [5.41, 5.74) is 0.637. The number of carbonyl (C=O) groups is 1. The van der Waals surface area contributed by atoms with Gasteiger partial charge >= 0.3 is 5.63 Å². The van der Waals surface area contributed by atoms with Crippen molar-refractivity contribution in [2.45, 2.75) is 6.42 Å². The molecule has 0 aliphatic heterocycles. The van der Waals surface area contributed by atoms with Crippen LogP contribution in [0, 0.1) is 0 Å². The molecule has 0 radical (unpaired) electrons. The molecule has 0 spiro atoms. The van der Waals surface area contributed by atoms with Gasteiger partial charge in [0.2, 0.25) is 0 Å². The van der Waals surface area contributed by atoms with E-state index in [-0.39, 0.29) is 18.0 Å². The maximum absolute atomic E-state index is 13.8. The summed E-state index contributed by atoms with van der Waals surface area (Å²) in [6, 6.07) is 19.0. The summed E-state index contributed by atoms with van der Waals surface area (Å²) in [6.45, 7) is 1.24. The number of hydrogen-bond donors (Lipinski definition) is 0. The molecule has 0 fully saturated rings. The van der Waals surface area contributed by atoms with E-state index in [1.165, 1.54) is 11.3 Å². The SMILES string of the molecule is CN(C)CCCN(C(=O)c1cc2c(ccc3ccccc32)oc1=O)c1nc2ccc(Br)cc2s1.Cl. The van der Waals surface area contributed by atoms with E-state index < -0.39 is 11.5 Å². The predicted octanol–water partition coefficient (Wildman–Crippen LogP) is 6.34. The van der Waals surface area contributed by atoms with Gasteiger partial charge in [0.05, 0.1) is 10.2 Å². The molecule has 2 aromatic heterocycles. The third kappa shape index (κ3) is 5.11. The Bertz CT molecular complexity index is 1600. The van der Waals surface area contributed by atoms with Gasteiger partial charge in [0.15, 0.2) is 5.13 Å². The molecule has 2 heterocycles. The first-order valence-electron chi connectivity index (χ1n) is 10.9. The zero-order valence-electron chi connectivity index (χ0n) is 19.2. The summed E-state index contributed by atoms with van der Waals surface area (Å²) in [4.78, 5) is 35.0. The zero-order chi connectivity index (χ0) is 23.8. The Morgan fingerprint density at radius 2 is 1.83 bits per heavy atom. The number of amides is 1. The third-order valence-corrected chi connectivity index (χ3v) is 7.21. The Labute approximate surface area is 220 Å². The molecule has 35 heavy (non-hydrogen) atoms. The summed E-state index contributed by atoms with van der Waals surface area (Å²) in [6.07, 6.45) is 0.736. The van der Waals surface area contributed by atoms with E-state index in [0.29, 0.717) is 17.3 Å². The lowest BCUT2D eigenvalue weighted by atomic mass is 10.0. The summed E-state index contributed by atoms with van der Waals surface area (Å²) >= 11 is 4.92. The van der Waals surface area contributed by atoms with Crippen molar-refractivity contribution in [1.29, 1.82) is 0 Å². The van der Waals surface area contributed by atoms with Gasteiger partial charge in [-0.15, -0.1) is 12.4 Å². The van der Waals surface area contributed by atoms with Gasteiger partial charge in [-0.25, -0.2) is 9.78 Å². The molecule has 0 aliphatic carbocycles. The molecular weight excluding hydrogens is 550 g/mol. The van der Waals surface area contributed by atoms with Crippen molar-refractivity contribution in [1.82, 2.24) is 9.88 Å². The molecule has 0 bridgehead atoms. The number of aromatic nitrogens is 1. The first-order chi connectivity index (χ1) is 16.4. The fourth-order valence-corrected chi connectivity index (χ4v) is 5.54. The van der Waals surface area contributed by atoms with Crippen molar-refractivity contribution in [3.05, 3.63) is 81.1 Å². The van der Waals surface area contributed by atoms with Crippen LogP contribution in [0.1, 0.15) is 16.8 Å². The molecule has 0 aliphatic rings. The Kier molecular flexibility index (Phi) is 7.56. The molecule has 9 heteroatoms. The van der Waals surface area contributed by atoms with E-state index >= 15 is 0 Å². The smallest absolute Gasteiger partial charge is 0.349 e. The van der Waals surface area contributed by atoms with Crippen molar-refractivity contribution in [2.75, 3.05) is 32.1 Å². The van der Waals surface area contributed by atoms with Crippen molar-refractivity contribution in [3.8, 4) is 0 Å². The van der Waals surface area contributed by atoms with Crippen molar-refractivity contribution in [3.63, 3.8) is 0 Å². The first-order valence-corrected chi connectivity index (χ1v) is 12.5. The van der Waals surface area contributed by atoms with Crippen LogP contribution in [0.4, 0.5) is 5.13 Å². The minimum Gasteiger partial charge on any atom is -0.422 e. The van der Waals surface area contributed by atoms with E-state index in [1.807, 2.05) is 62.6 Å². The van der Waals surface area contributed by atoms with Crippen LogP contribution in [0.2, 0.25) is 0 Å². The molecule has 6 nitrogen and oxygen atoms in total.